The molecule has 0 aliphatic carbocycles. The maximum absolute atomic E-state index is 11.1. The van der Waals surface area contributed by atoms with Crippen molar-refractivity contribution in [2.24, 2.45) is 0 Å². The molecule has 0 aliphatic rings. The minimum Gasteiger partial charge on any atom is -0.363 e. The third-order valence-corrected chi connectivity index (χ3v) is 2.73. The highest BCUT2D eigenvalue weighted by Crippen LogP contribution is 2.30. The molecule has 0 aromatic heterocycles. The highest BCUT2D eigenvalue weighted by molar-refractivity contribution is 5.79. The van der Waals surface area contributed by atoms with E-state index < -0.39 is 4.92 Å². The number of hydrogen-bond acceptors (Lipinski definition) is 5. The van der Waals surface area contributed by atoms with E-state index in [2.05, 4.69) is 0 Å². The summed E-state index contributed by atoms with van der Waals surface area (Å²) >= 11 is 0. The van der Waals surface area contributed by atoms with Gasteiger partial charge < -0.3 is 4.90 Å². The SMILES string of the molecule is CC(C)N(CCC#N)c1ccc(C=O)cc1[N+](=O)[O-]. The molecule has 19 heavy (non-hydrogen) atoms. The Morgan fingerprint density at radius 2 is 2.21 bits per heavy atom. The van der Waals surface area contributed by atoms with Crippen LogP contribution in [-0.2, 0) is 0 Å². The number of carbonyl (C=O) groups excluding carboxylic acids is 1. The Labute approximate surface area is 111 Å². The Morgan fingerprint density at radius 3 is 2.68 bits per heavy atom. The second kappa shape index (κ2) is 6.50. The van der Waals surface area contributed by atoms with Crippen LogP contribution in [0, 0.1) is 21.4 Å². The molecule has 1 rings (SSSR count). The number of nitrogens with zero attached hydrogens (tertiary/aromatic N) is 3. The zero-order chi connectivity index (χ0) is 14.4. The van der Waals surface area contributed by atoms with Crippen LogP contribution in [0.1, 0.15) is 30.6 Å². The lowest BCUT2D eigenvalue weighted by Gasteiger charge is -2.27. The summed E-state index contributed by atoms with van der Waals surface area (Å²) in [5.41, 5.74) is 0.580. The molecule has 0 fully saturated rings. The van der Waals surface area contributed by atoms with Gasteiger partial charge in [-0.2, -0.15) is 5.26 Å². The van der Waals surface area contributed by atoms with Crippen LogP contribution in [0.25, 0.3) is 0 Å². The number of rotatable bonds is 6. The number of nitro groups is 1. The van der Waals surface area contributed by atoms with Crippen molar-refractivity contribution in [2.45, 2.75) is 26.3 Å². The zero-order valence-corrected chi connectivity index (χ0v) is 10.9. The fraction of sp³-hybridized carbons (Fsp3) is 0.385. The monoisotopic (exact) mass is 261 g/mol. The van der Waals surface area contributed by atoms with Crippen molar-refractivity contribution >= 4 is 17.7 Å². The van der Waals surface area contributed by atoms with E-state index in [9.17, 15) is 14.9 Å². The molecule has 100 valence electrons. The first-order valence-electron chi connectivity index (χ1n) is 5.88. The van der Waals surface area contributed by atoms with Gasteiger partial charge >= 0.3 is 0 Å². The van der Waals surface area contributed by atoms with E-state index >= 15 is 0 Å². The molecule has 0 spiro atoms. The molecule has 0 aliphatic heterocycles. The molecule has 0 unspecified atom stereocenters. The quantitative estimate of drug-likeness (QED) is 0.446. The fourth-order valence-corrected chi connectivity index (χ4v) is 1.83. The van der Waals surface area contributed by atoms with Gasteiger partial charge in [0.15, 0.2) is 0 Å². The van der Waals surface area contributed by atoms with Gasteiger partial charge in [0.25, 0.3) is 5.69 Å². The maximum atomic E-state index is 11.1. The Morgan fingerprint density at radius 1 is 1.53 bits per heavy atom. The Bertz CT molecular complexity index is 520. The molecule has 1 aromatic carbocycles. The standard InChI is InChI=1S/C13H15N3O3/c1-10(2)15(7-3-6-14)12-5-4-11(9-17)8-13(12)16(18)19/h4-5,8-10H,3,7H2,1-2H3. The molecule has 0 heterocycles. The largest absolute Gasteiger partial charge is 0.363 e. The van der Waals surface area contributed by atoms with Crippen molar-refractivity contribution in [2.75, 3.05) is 11.4 Å². The molecule has 0 amide bonds. The van der Waals surface area contributed by atoms with Crippen LogP contribution < -0.4 is 4.90 Å². The molecule has 1 aromatic rings. The van der Waals surface area contributed by atoms with Gasteiger partial charge in [0.1, 0.15) is 12.0 Å². The zero-order valence-electron chi connectivity index (χ0n) is 10.9. The lowest BCUT2D eigenvalue weighted by atomic mass is 10.1. The summed E-state index contributed by atoms with van der Waals surface area (Å²) in [6, 6.07) is 6.40. The number of benzene rings is 1. The predicted octanol–water partition coefficient (Wildman–Crippen LogP) is 2.54. The number of anilines is 1. The highest BCUT2D eigenvalue weighted by Gasteiger charge is 2.21. The summed E-state index contributed by atoms with van der Waals surface area (Å²) in [5.74, 6) is 0. The van der Waals surface area contributed by atoms with Crippen LogP contribution in [-0.4, -0.2) is 23.8 Å². The average molecular weight is 261 g/mol. The van der Waals surface area contributed by atoms with Gasteiger partial charge in [-0.3, -0.25) is 14.9 Å². The van der Waals surface area contributed by atoms with E-state index in [4.69, 9.17) is 5.26 Å². The average Bonchev–Trinajstić information content (AvgIpc) is 2.38. The normalized spacial score (nSPS) is 10.0. The van der Waals surface area contributed by atoms with Crippen LogP contribution in [0.5, 0.6) is 0 Å². The van der Waals surface area contributed by atoms with Crippen molar-refractivity contribution in [3.05, 3.63) is 33.9 Å². The first-order chi connectivity index (χ1) is 9.01. The van der Waals surface area contributed by atoms with Gasteiger partial charge in [0.05, 0.1) is 17.4 Å². The van der Waals surface area contributed by atoms with Crippen LogP contribution >= 0.6 is 0 Å². The second-order valence-corrected chi connectivity index (χ2v) is 4.32. The minimum atomic E-state index is -0.510. The van der Waals surface area contributed by atoms with Gasteiger partial charge in [-0.25, -0.2) is 0 Å². The topological polar surface area (TPSA) is 87.2 Å². The molecule has 0 N–H and O–H groups in total. The number of nitriles is 1. The van der Waals surface area contributed by atoms with E-state index in [1.165, 1.54) is 12.1 Å². The number of carbonyl (C=O) groups is 1. The van der Waals surface area contributed by atoms with E-state index in [1.807, 2.05) is 19.9 Å². The third-order valence-electron chi connectivity index (χ3n) is 2.73. The minimum absolute atomic E-state index is 0.0223. The number of aldehydes is 1. The molecular weight excluding hydrogens is 246 g/mol. The third kappa shape index (κ3) is 3.52. The molecule has 0 saturated heterocycles. The fourth-order valence-electron chi connectivity index (χ4n) is 1.83. The van der Waals surface area contributed by atoms with Gasteiger partial charge in [0.2, 0.25) is 0 Å². The smallest absolute Gasteiger partial charge is 0.293 e. The second-order valence-electron chi connectivity index (χ2n) is 4.32. The number of hydrogen-bond donors (Lipinski definition) is 0. The molecule has 0 atom stereocenters. The van der Waals surface area contributed by atoms with Crippen molar-refractivity contribution < 1.29 is 9.72 Å². The molecule has 0 saturated carbocycles. The molecule has 6 nitrogen and oxygen atoms in total. The van der Waals surface area contributed by atoms with Crippen LogP contribution in [0.3, 0.4) is 0 Å². The first-order valence-corrected chi connectivity index (χ1v) is 5.88. The van der Waals surface area contributed by atoms with E-state index in [0.717, 1.165) is 0 Å². The van der Waals surface area contributed by atoms with Crippen LogP contribution in [0.2, 0.25) is 0 Å². The highest BCUT2D eigenvalue weighted by atomic mass is 16.6. The molecular formula is C13H15N3O3. The Hall–Kier alpha value is -2.42. The van der Waals surface area contributed by atoms with Crippen molar-refractivity contribution in [3.63, 3.8) is 0 Å². The van der Waals surface area contributed by atoms with Crippen LogP contribution in [0.4, 0.5) is 11.4 Å². The predicted molar refractivity (Wildman–Crippen MR) is 71.2 cm³/mol. The number of nitro benzene ring substituents is 1. The molecule has 0 bridgehead atoms. The van der Waals surface area contributed by atoms with Gasteiger partial charge in [0, 0.05) is 24.2 Å². The van der Waals surface area contributed by atoms with Crippen molar-refractivity contribution in [1.29, 1.82) is 5.26 Å². The van der Waals surface area contributed by atoms with Crippen molar-refractivity contribution in [3.8, 4) is 6.07 Å². The van der Waals surface area contributed by atoms with E-state index in [0.29, 0.717) is 18.5 Å². The molecule has 6 heteroatoms. The lowest BCUT2D eigenvalue weighted by Crippen LogP contribution is -2.32. The maximum Gasteiger partial charge on any atom is 0.293 e. The van der Waals surface area contributed by atoms with Gasteiger partial charge in [-0.1, -0.05) is 0 Å². The lowest BCUT2D eigenvalue weighted by molar-refractivity contribution is -0.384. The summed E-state index contributed by atoms with van der Waals surface area (Å²) in [7, 11) is 0. The van der Waals surface area contributed by atoms with Gasteiger partial charge in [-0.15, -0.1) is 0 Å². The van der Waals surface area contributed by atoms with E-state index in [-0.39, 0.29) is 23.7 Å². The van der Waals surface area contributed by atoms with Crippen molar-refractivity contribution in [1.82, 2.24) is 0 Å². The Kier molecular flexibility index (Phi) is 5.01. The van der Waals surface area contributed by atoms with E-state index in [1.54, 1.807) is 11.0 Å². The summed E-state index contributed by atoms with van der Waals surface area (Å²) in [6.45, 7) is 4.21. The van der Waals surface area contributed by atoms with Gasteiger partial charge in [-0.05, 0) is 26.0 Å². The summed E-state index contributed by atoms with van der Waals surface area (Å²) in [6.07, 6.45) is 0.858. The Balaban J connectivity index is 3.25. The summed E-state index contributed by atoms with van der Waals surface area (Å²) in [4.78, 5) is 23.1. The summed E-state index contributed by atoms with van der Waals surface area (Å²) < 4.78 is 0. The summed E-state index contributed by atoms with van der Waals surface area (Å²) in [5, 5.41) is 19.7. The molecule has 0 radical (unpaired) electrons. The van der Waals surface area contributed by atoms with Crippen LogP contribution in [0.15, 0.2) is 18.2 Å². The first kappa shape index (κ1) is 14.6.